The molecule has 2 aromatic carbocycles. The number of aromatic amines is 1. The Morgan fingerprint density at radius 3 is 2.57 bits per heavy atom. The second-order valence-corrected chi connectivity index (χ2v) is 7.55. The van der Waals surface area contributed by atoms with Gasteiger partial charge < -0.3 is 19.9 Å². The van der Waals surface area contributed by atoms with Crippen LogP contribution in [-0.4, -0.2) is 35.4 Å². The number of benzene rings is 2. The van der Waals surface area contributed by atoms with Gasteiger partial charge in [-0.15, -0.1) is 0 Å². The maximum atomic E-state index is 12.9. The van der Waals surface area contributed by atoms with Crippen molar-refractivity contribution < 1.29 is 14.6 Å². The van der Waals surface area contributed by atoms with E-state index in [4.69, 9.17) is 21.7 Å². The molecule has 3 N–H and O–H groups in total. The first kappa shape index (κ1) is 20.2. The lowest BCUT2D eigenvalue weighted by Crippen LogP contribution is -2.35. The fourth-order valence-electron chi connectivity index (χ4n) is 3.98. The summed E-state index contributed by atoms with van der Waals surface area (Å²) in [5, 5.41) is 14.6. The summed E-state index contributed by atoms with van der Waals surface area (Å²) < 4.78 is 12.5. The van der Waals surface area contributed by atoms with Gasteiger partial charge in [0.05, 0.1) is 31.5 Å². The van der Waals surface area contributed by atoms with Crippen molar-refractivity contribution in [2.45, 2.75) is 19.4 Å². The molecule has 0 fully saturated rings. The summed E-state index contributed by atoms with van der Waals surface area (Å²) in [6.45, 7) is 2.57. The van der Waals surface area contributed by atoms with Crippen molar-refractivity contribution in [2.75, 3.05) is 20.8 Å². The minimum atomic E-state index is -0.525. The van der Waals surface area contributed by atoms with Gasteiger partial charge in [0.25, 0.3) is 5.56 Å². The number of hydrogen-bond acceptors (Lipinski definition) is 6. The lowest BCUT2D eigenvalue weighted by Gasteiger charge is -2.29. The number of aromatic hydroxyl groups is 1. The first-order valence-corrected chi connectivity index (χ1v) is 9.99. The minimum Gasteiger partial charge on any atom is -0.494 e. The molecule has 2 heterocycles. The van der Waals surface area contributed by atoms with Crippen LogP contribution < -0.4 is 20.3 Å². The predicted molar refractivity (Wildman–Crippen MR) is 117 cm³/mol. The molecule has 7 nitrogen and oxygen atoms in total. The molecule has 0 bridgehead atoms. The second kappa shape index (κ2) is 7.97. The standard InChI is InChI=1S/C22H23N3O4S/c1-12-6-4-5-7-15(12)25-21(27)18(20(26)24-22(25)30)19-14-11-17(29-3)16(28-2)10-13(14)8-9-23-19/h4-7,10-11,19,23,27H,8-9H2,1-3H3,(H,24,26,30). The number of fused-ring (bicyclic) bond motifs is 1. The zero-order valence-corrected chi connectivity index (χ0v) is 17.8. The number of nitrogens with one attached hydrogen (secondary N) is 2. The van der Waals surface area contributed by atoms with Crippen LogP contribution >= 0.6 is 12.2 Å². The third-order valence-corrected chi connectivity index (χ3v) is 5.75. The molecule has 0 radical (unpaired) electrons. The smallest absolute Gasteiger partial charge is 0.260 e. The van der Waals surface area contributed by atoms with Crippen molar-refractivity contribution in [1.29, 1.82) is 0 Å². The molecule has 8 heteroatoms. The van der Waals surface area contributed by atoms with Gasteiger partial charge in [-0.05, 0) is 60.5 Å². The average Bonchev–Trinajstić information content (AvgIpc) is 2.73. The molecule has 1 atom stereocenters. The number of aryl methyl sites for hydroxylation is 1. The summed E-state index contributed by atoms with van der Waals surface area (Å²) in [4.78, 5) is 15.6. The maximum Gasteiger partial charge on any atom is 0.260 e. The minimum absolute atomic E-state index is 0.138. The van der Waals surface area contributed by atoms with Gasteiger partial charge in [0.1, 0.15) is 0 Å². The van der Waals surface area contributed by atoms with Crippen LogP contribution in [0.25, 0.3) is 5.69 Å². The second-order valence-electron chi connectivity index (χ2n) is 7.16. The molecule has 4 rings (SSSR count). The molecule has 1 aliphatic rings. The van der Waals surface area contributed by atoms with Gasteiger partial charge in [0, 0.05) is 6.54 Å². The van der Waals surface area contributed by atoms with E-state index in [-0.39, 0.29) is 16.2 Å². The van der Waals surface area contributed by atoms with E-state index in [0.29, 0.717) is 23.7 Å². The number of aromatic nitrogens is 2. The number of ether oxygens (including phenoxy) is 2. The molecule has 0 aliphatic carbocycles. The quantitative estimate of drug-likeness (QED) is 0.557. The zero-order chi connectivity index (χ0) is 21.4. The van der Waals surface area contributed by atoms with Crippen LogP contribution in [-0.2, 0) is 6.42 Å². The van der Waals surface area contributed by atoms with Crippen molar-refractivity contribution in [1.82, 2.24) is 14.9 Å². The fourth-order valence-corrected chi connectivity index (χ4v) is 4.25. The number of rotatable bonds is 4. The van der Waals surface area contributed by atoms with E-state index in [1.807, 2.05) is 43.3 Å². The zero-order valence-electron chi connectivity index (χ0n) is 17.0. The molecule has 1 aromatic heterocycles. The number of methoxy groups -OCH3 is 2. The van der Waals surface area contributed by atoms with Gasteiger partial charge in [-0.2, -0.15) is 0 Å². The summed E-state index contributed by atoms with van der Waals surface area (Å²) >= 11 is 5.37. The molecular weight excluding hydrogens is 402 g/mol. The summed E-state index contributed by atoms with van der Waals surface area (Å²) in [6.07, 6.45) is 0.766. The monoisotopic (exact) mass is 425 g/mol. The van der Waals surface area contributed by atoms with E-state index in [9.17, 15) is 9.90 Å². The number of hydrogen-bond donors (Lipinski definition) is 3. The third-order valence-electron chi connectivity index (χ3n) is 5.47. The van der Waals surface area contributed by atoms with Crippen molar-refractivity contribution >= 4 is 12.2 Å². The highest BCUT2D eigenvalue weighted by molar-refractivity contribution is 7.71. The topological polar surface area (TPSA) is 88.5 Å². The van der Waals surface area contributed by atoms with Gasteiger partial charge >= 0.3 is 0 Å². The molecule has 3 aromatic rings. The Balaban J connectivity index is 1.96. The number of H-pyrrole nitrogens is 1. The van der Waals surface area contributed by atoms with Crippen molar-refractivity contribution in [3.05, 3.63) is 73.8 Å². The highest BCUT2D eigenvalue weighted by atomic mass is 32.1. The Morgan fingerprint density at radius 1 is 1.17 bits per heavy atom. The molecule has 0 amide bonds. The highest BCUT2D eigenvalue weighted by Gasteiger charge is 2.30. The first-order chi connectivity index (χ1) is 14.5. The van der Waals surface area contributed by atoms with E-state index >= 15 is 0 Å². The third kappa shape index (κ3) is 3.28. The van der Waals surface area contributed by atoms with Crippen molar-refractivity contribution in [3.63, 3.8) is 0 Å². The van der Waals surface area contributed by atoms with Crippen molar-refractivity contribution in [2.24, 2.45) is 0 Å². The van der Waals surface area contributed by atoms with Crippen LogP contribution in [0.5, 0.6) is 17.4 Å². The summed E-state index contributed by atoms with van der Waals surface area (Å²) in [5.41, 5.74) is 3.29. The van der Waals surface area contributed by atoms with Gasteiger partial charge in [0.2, 0.25) is 5.88 Å². The lowest BCUT2D eigenvalue weighted by atomic mass is 9.90. The van der Waals surface area contributed by atoms with Gasteiger partial charge in [-0.25, -0.2) is 0 Å². The summed E-state index contributed by atoms with van der Waals surface area (Å²) in [7, 11) is 3.16. The predicted octanol–water partition coefficient (Wildman–Crippen LogP) is 3.16. The van der Waals surface area contributed by atoms with Crippen LogP contribution in [0.2, 0.25) is 0 Å². The van der Waals surface area contributed by atoms with E-state index in [1.54, 1.807) is 14.2 Å². The average molecular weight is 426 g/mol. The SMILES string of the molecule is COc1cc2c(cc1OC)C(c1c(O)n(-c3ccccc3C)c(=S)[nH]c1=O)NCC2. The Morgan fingerprint density at radius 2 is 1.87 bits per heavy atom. The normalized spacial score (nSPS) is 15.5. The Hall–Kier alpha value is -3.10. The van der Waals surface area contributed by atoms with Gasteiger partial charge in [-0.3, -0.25) is 14.3 Å². The molecule has 0 saturated heterocycles. The largest absolute Gasteiger partial charge is 0.494 e. The Bertz CT molecular complexity index is 1230. The van der Waals surface area contributed by atoms with Crippen LogP contribution in [0.1, 0.15) is 28.3 Å². The molecular formula is C22H23N3O4S. The van der Waals surface area contributed by atoms with Crippen LogP contribution in [0.4, 0.5) is 0 Å². The van der Waals surface area contributed by atoms with Crippen molar-refractivity contribution in [3.8, 4) is 23.1 Å². The molecule has 156 valence electrons. The fraction of sp³-hybridized carbons (Fsp3) is 0.273. The molecule has 30 heavy (non-hydrogen) atoms. The highest BCUT2D eigenvalue weighted by Crippen LogP contribution is 2.38. The molecule has 1 unspecified atom stereocenters. The molecule has 1 aliphatic heterocycles. The maximum absolute atomic E-state index is 12.9. The van der Waals surface area contributed by atoms with E-state index in [2.05, 4.69) is 10.3 Å². The van der Waals surface area contributed by atoms with E-state index < -0.39 is 11.6 Å². The Labute approximate surface area is 178 Å². The van der Waals surface area contributed by atoms with E-state index in [1.165, 1.54) is 4.57 Å². The van der Waals surface area contributed by atoms with E-state index in [0.717, 1.165) is 23.1 Å². The Kier molecular flexibility index (Phi) is 5.36. The number of para-hydroxylation sites is 1. The first-order valence-electron chi connectivity index (χ1n) is 9.58. The summed E-state index contributed by atoms with van der Waals surface area (Å²) in [6, 6.07) is 10.8. The summed E-state index contributed by atoms with van der Waals surface area (Å²) in [5.74, 6) is 1.01. The van der Waals surface area contributed by atoms with Crippen LogP contribution in [0, 0.1) is 11.7 Å². The van der Waals surface area contributed by atoms with Crippen LogP contribution in [0.15, 0.2) is 41.2 Å². The molecule has 0 saturated carbocycles. The van der Waals surface area contributed by atoms with Gasteiger partial charge in [-0.1, -0.05) is 18.2 Å². The van der Waals surface area contributed by atoms with Gasteiger partial charge in [0.15, 0.2) is 16.3 Å². The lowest BCUT2D eigenvalue weighted by molar-refractivity contribution is 0.352. The number of nitrogens with zero attached hydrogens (tertiary/aromatic N) is 1. The van der Waals surface area contributed by atoms with Crippen LogP contribution in [0.3, 0.4) is 0 Å². The molecule has 0 spiro atoms.